The fourth-order valence-corrected chi connectivity index (χ4v) is 1.97. The third kappa shape index (κ3) is 2.49. The summed E-state index contributed by atoms with van der Waals surface area (Å²) < 4.78 is 13.1. The summed E-state index contributed by atoms with van der Waals surface area (Å²) >= 11 is 1.57. The Morgan fingerprint density at radius 1 is 1.44 bits per heavy atom. The summed E-state index contributed by atoms with van der Waals surface area (Å²) in [5.74, 6) is -0.390. The number of hydrogen-bond donors (Lipinski definition) is 2. The molecule has 0 unspecified atom stereocenters. The maximum Gasteiger partial charge on any atom is 0.148 e. The molecule has 16 heavy (non-hydrogen) atoms. The maximum absolute atomic E-state index is 13.1. The van der Waals surface area contributed by atoms with Crippen LogP contribution in [0.5, 0.6) is 0 Å². The van der Waals surface area contributed by atoms with Crippen LogP contribution in [0.3, 0.4) is 0 Å². The lowest BCUT2D eigenvalue weighted by atomic mass is 10.2. The van der Waals surface area contributed by atoms with Gasteiger partial charge < -0.3 is 11.1 Å². The van der Waals surface area contributed by atoms with Gasteiger partial charge in [0.05, 0.1) is 22.6 Å². The van der Waals surface area contributed by atoms with Gasteiger partial charge in [0.15, 0.2) is 0 Å². The van der Waals surface area contributed by atoms with Crippen molar-refractivity contribution < 1.29 is 4.39 Å². The van der Waals surface area contributed by atoms with Gasteiger partial charge in [-0.2, -0.15) is 0 Å². The minimum Gasteiger partial charge on any atom is -0.395 e. The van der Waals surface area contributed by atoms with Crippen LogP contribution in [0.4, 0.5) is 15.8 Å². The zero-order chi connectivity index (χ0) is 11.4. The van der Waals surface area contributed by atoms with Crippen LogP contribution in [-0.4, -0.2) is 11.5 Å². The summed E-state index contributed by atoms with van der Waals surface area (Å²) in [4.78, 5) is 4.16. The van der Waals surface area contributed by atoms with Crippen LogP contribution in [-0.2, 0) is 6.42 Å². The van der Waals surface area contributed by atoms with E-state index in [2.05, 4.69) is 10.3 Å². The van der Waals surface area contributed by atoms with Gasteiger partial charge in [-0.15, -0.1) is 11.3 Å². The quantitative estimate of drug-likeness (QED) is 0.803. The van der Waals surface area contributed by atoms with Crippen molar-refractivity contribution in [2.24, 2.45) is 0 Å². The summed E-state index contributed by atoms with van der Waals surface area (Å²) in [5, 5.41) is 5.09. The normalized spacial score (nSPS) is 10.3. The van der Waals surface area contributed by atoms with E-state index in [0.717, 1.165) is 12.1 Å². The number of para-hydroxylation sites is 1. The van der Waals surface area contributed by atoms with E-state index in [9.17, 15) is 4.39 Å². The number of halogens is 1. The predicted molar refractivity (Wildman–Crippen MR) is 65.1 cm³/mol. The van der Waals surface area contributed by atoms with E-state index >= 15 is 0 Å². The molecule has 84 valence electrons. The van der Waals surface area contributed by atoms with Crippen molar-refractivity contribution in [3.63, 3.8) is 0 Å². The molecule has 0 saturated carbocycles. The van der Waals surface area contributed by atoms with Crippen molar-refractivity contribution in [2.75, 3.05) is 17.6 Å². The highest BCUT2D eigenvalue weighted by Gasteiger charge is 2.03. The molecule has 1 aromatic heterocycles. The number of rotatable bonds is 4. The highest BCUT2D eigenvalue weighted by molar-refractivity contribution is 7.07. The van der Waals surface area contributed by atoms with E-state index in [1.54, 1.807) is 29.0 Å². The minimum atomic E-state index is -0.390. The van der Waals surface area contributed by atoms with Crippen molar-refractivity contribution in [1.82, 2.24) is 4.98 Å². The van der Waals surface area contributed by atoms with Gasteiger partial charge in [-0.25, -0.2) is 9.37 Å². The molecule has 0 aliphatic heterocycles. The first-order valence-electron chi connectivity index (χ1n) is 4.92. The number of nitrogens with one attached hydrogen (secondary N) is 1. The molecule has 0 fully saturated rings. The van der Waals surface area contributed by atoms with E-state index in [1.165, 1.54) is 6.07 Å². The molecule has 1 heterocycles. The van der Waals surface area contributed by atoms with Crippen molar-refractivity contribution >= 4 is 22.7 Å². The van der Waals surface area contributed by atoms with Gasteiger partial charge in [-0.3, -0.25) is 0 Å². The second-order valence-corrected chi connectivity index (χ2v) is 4.08. The molecule has 3 nitrogen and oxygen atoms in total. The molecule has 1 aromatic carbocycles. The van der Waals surface area contributed by atoms with E-state index in [4.69, 9.17) is 5.73 Å². The first-order chi connectivity index (χ1) is 7.77. The number of nitrogens with zero attached hydrogens (tertiary/aromatic N) is 1. The van der Waals surface area contributed by atoms with Crippen LogP contribution in [0.2, 0.25) is 0 Å². The summed E-state index contributed by atoms with van der Waals surface area (Å²) in [6.07, 6.45) is 0.805. The third-order valence-corrected chi connectivity index (χ3v) is 2.87. The Kier molecular flexibility index (Phi) is 3.36. The number of anilines is 2. The lowest BCUT2D eigenvalue weighted by Gasteiger charge is -2.08. The fourth-order valence-electron chi connectivity index (χ4n) is 1.38. The van der Waals surface area contributed by atoms with Gasteiger partial charge in [0.2, 0.25) is 0 Å². The largest absolute Gasteiger partial charge is 0.395 e. The van der Waals surface area contributed by atoms with Crippen molar-refractivity contribution in [3.8, 4) is 0 Å². The van der Waals surface area contributed by atoms with Crippen LogP contribution in [0.1, 0.15) is 5.69 Å². The molecule has 0 spiro atoms. The summed E-state index contributed by atoms with van der Waals surface area (Å²) in [5.41, 5.74) is 9.23. The molecule has 0 saturated heterocycles. The first kappa shape index (κ1) is 10.9. The predicted octanol–water partition coefficient (Wildman–Crippen LogP) is 2.52. The number of thiazole rings is 1. The number of benzene rings is 1. The highest BCUT2D eigenvalue weighted by Crippen LogP contribution is 2.20. The van der Waals surface area contributed by atoms with Gasteiger partial charge in [-0.1, -0.05) is 6.07 Å². The molecular formula is C11H12FN3S. The zero-order valence-corrected chi connectivity index (χ0v) is 9.43. The highest BCUT2D eigenvalue weighted by atomic mass is 32.1. The maximum atomic E-state index is 13.1. The van der Waals surface area contributed by atoms with Crippen molar-refractivity contribution in [2.45, 2.75) is 6.42 Å². The van der Waals surface area contributed by atoms with E-state index in [0.29, 0.717) is 12.2 Å². The number of nitrogen functional groups attached to an aromatic ring is 1. The summed E-state index contributed by atoms with van der Waals surface area (Å²) in [6, 6.07) is 4.75. The second-order valence-electron chi connectivity index (χ2n) is 3.36. The SMILES string of the molecule is Nc1c(F)cccc1NCCc1cscn1. The molecule has 0 aliphatic rings. The monoisotopic (exact) mass is 237 g/mol. The van der Waals surface area contributed by atoms with Gasteiger partial charge in [0.1, 0.15) is 5.82 Å². The molecular weight excluding hydrogens is 225 g/mol. The Morgan fingerprint density at radius 3 is 3.06 bits per heavy atom. The number of hydrogen-bond acceptors (Lipinski definition) is 4. The van der Waals surface area contributed by atoms with Crippen LogP contribution in [0.15, 0.2) is 29.1 Å². The molecule has 2 aromatic rings. The van der Waals surface area contributed by atoms with E-state index in [-0.39, 0.29) is 5.69 Å². The average Bonchev–Trinajstić information content (AvgIpc) is 2.77. The van der Waals surface area contributed by atoms with Gasteiger partial charge >= 0.3 is 0 Å². The Balaban J connectivity index is 1.92. The Morgan fingerprint density at radius 2 is 2.31 bits per heavy atom. The lowest BCUT2D eigenvalue weighted by Crippen LogP contribution is -2.07. The van der Waals surface area contributed by atoms with Crippen LogP contribution in [0, 0.1) is 5.82 Å². The van der Waals surface area contributed by atoms with Crippen molar-refractivity contribution in [1.29, 1.82) is 0 Å². The smallest absolute Gasteiger partial charge is 0.148 e. The molecule has 0 atom stereocenters. The van der Waals surface area contributed by atoms with Crippen LogP contribution >= 0.6 is 11.3 Å². The molecule has 0 radical (unpaired) electrons. The van der Waals surface area contributed by atoms with Crippen LogP contribution in [0.25, 0.3) is 0 Å². The zero-order valence-electron chi connectivity index (χ0n) is 8.61. The standard InChI is InChI=1S/C11H12FN3S/c12-9-2-1-3-10(11(9)13)14-5-4-8-6-16-7-15-8/h1-3,6-7,14H,4-5,13H2. The molecule has 3 N–H and O–H groups in total. The molecule has 0 aliphatic carbocycles. The second kappa shape index (κ2) is 4.94. The van der Waals surface area contributed by atoms with Crippen LogP contribution < -0.4 is 11.1 Å². The van der Waals surface area contributed by atoms with Gasteiger partial charge in [0.25, 0.3) is 0 Å². The Bertz CT molecular complexity index is 456. The van der Waals surface area contributed by atoms with Crippen molar-refractivity contribution in [3.05, 3.63) is 40.6 Å². The summed E-state index contributed by atoms with van der Waals surface area (Å²) in [7, 11) is 0. The van der Waals surface area contributed by atoms with Gasteiger partial charge in [0, 0.05) is 18.3 Å². The number of nitrogens with two attached hydrogens (primary N) is 1. The molecule has 0 amide bonds. The number of aromatic nitrogens is 1. The molecule has 2 rings (SSSR count). The van der Waals surface area contributed by atoms with E-state index in [1.807, 2.05) is 5.38 Å². The Hall–Kier alpha value is -1.62. The molecule has 0 bridgehead atoms. The van der Waals surface area contributed by atoms with Gasteiger partial charge in [-0.05, 0) is 12.1 Å². The average molecular weight is 237 g/mol. The summed E-state index contributed by atoms with van der Waals surface area (Å²) in [6.45, 7) is 0.692. The minimum absolute atomic E-state index is 0.167. The third-order valence-electron chi connectivity index (χ3n) is 2.23. The fraction of sp³-hybridized carbons (Fsp3) is 0.182. The molecule has 5 heteroatoms. The topological polar surface area (TPSA) is 50.9 Å². The van der Waals surface area contributed by atoms with E-state index < -0.39 is 5.82 Å². The Labute approximate surface area is 97.1 Å². The first-order valence-corrected chi connectivity index (χ1v) is 5.86. The lowest BCUT2D eigenvalue weighted by molar-refractivity contribution is 0.633.